The topological polar surface area (TPSA) is 53.4 Å². The summed E-state index contributed by atoms with van der Waals surface area (Å²) in [6.45, 7) is 7.11. The zero-order valence-corrected chi connectivity index (χ0v) is 17.3. The molecule has 5 nitrogen and oxygen atoms in total. The van der Waals surface area contributed by atoms with E-state index in [4.69, 9.17) is 9.47 Å². The minimum atomic E-state index is -0.0756. The van der Waals surface area contributed by atoms with Crippen LogP contribution in [-0.4, -0.2) is 22.7 Å². The van der Waals surface area contributed by atoms with Crippen molar-refractivity contribution in [3.05, 3.63) is 82.7 Å². The highest BCUT2D eigenvalue weighted by Crippen LogP contribution is 2.25. The van der Waals surface area contributed by atoms with E-state index in [1.54, 1.807) is 36.2 Å². The summed E-state index contributed by atoms with van der Waals surface area (Å²) in [6.07, 6.45) is 5.01. The second kappa shape index (κ2) is 9.24. The molecule has 0 unspecified atom stereocenters. The van der Waals surface area contributed by atoms with Crippen LogP contribution < -0.4 is 9.47 Å². The van der Waals surface area contributed by atoms with Crippen LogP contribution in [0.5, 0.6) is 11.5 Å². The van der Waals surface area contributed by atoms with Gasteiger partial charge in [0.25, 0.3) is 0 Å². The molecule has 150 valence electrons. The maximum Gasteiger partial charge on any atom is 0.203 e. The van der Waals surface area contributed by atoms with E-state index in [2.05, 4.69) is 18.1 Å². The third kappa shape index (κ3) is 4.74. The fourth-order valence-corrected chi connectivity index (χ4v) is 3.10. The highest BCUT2D eigenvalue weighted by molar-refractivity contribution is 6.05. The van der Waals surface area contributed by atoms with Gasteiger partial charge in [-0.3, -0.25) is 9.48 Å². The Kier molecular flexibility index (Phi) is 6.50. The van der Waals surface area contributed by atoms with Crippen molar-refractivity contribution in [2.75, 3.05) is 7.11 Å². The Morgan fingerprint density at radius 2 is 1.97 bits per heavy atom. The van der Waals surface area contributed by atoms with Crippen molar-refractivity contribution >= 4 is 11.9 Å². The number of aryl methyl sites for hydroxylation is 2. The largest absolute Gasteiger partial charge is 0.496 e. The van der Waals surface area contributed by atoms with Crippen LogP contribution in [0.1, 0.15) is 39.7 Å². The average molecular weight is 390 g/mol. The molecule has 0 aliphatic rings. The Hall–Kier alpha value is -3.34. The molecule has 0 spiro atoms. The van der Waals surface area contributed by atoms with E-state index in [0.29, 0.717) is 18.8 Å². The first kappa shape index (κ1) is 20.4. The smallest absolute Gasteiger partial charge is 0.203 e. The maximum absolute atomic E-state index is 12.4. The number of rotatable bonds is 8. The van der Waals surface area contributed by atoms with Crippen LogP contribution in [-0.2, 0) is 13.2 Å². The van der Waals surface area contributed by atoms with Crippen molar-refractivity contribution < 1.29 is 14.3 Å². The molecule has 0 saturated carbocycles. The first-order valence-corrected chi connectivity index (χ1v) is 9.63. The van der Waals surface area contributed by atoms with E-state index >= 15 is 0 Å². The molecule has 0 amide bonds. The first-order valence-electron chi connectivity index (χ1n) is 9.63. The van der Waals surface area contributed by atoms with Crippen molar-refractivity contribution in [2.24, 2.45) is 0 Å². The molecule has 0 N–H and O–H groups in total. The molecule has 0 fully saturated rings. The van der Waals surface area contributed by atoms with Crippen LogP contribution in [0.15, 0.2) is 54.7 Å². The molecule has 29 heavy (non-hydrogen) atoms. The lowest BCUT2D eigenvalue weighted by Crippen LogP contribution is -2.07. The summed E-state index contributed by atoms with van der Waals surface area (Å²) in [4.78, 5) is 12.4. The Morgan fingerprint density at radius 1 is 1.14 bits per heavy atom. The normalized spacial score (nSPS) is 11.0. The molecule has 1 heterocycles. The lowest BCUT2D eigenvalue weighted by Gasteiger charge is -2.13. The summed E-state index contributed by atoms with van der Waals surface area (Å²) in [5, 5.41) is 4.14. The van der Waals surface area contributed by atoms with Gasteiger partial charge in [0.05, 0.1) is 7.11 Å². The fourth-order valence-electron chi connectivity index (χ4n) is 3.10. The van der Waals surface area contributed by atoms with Gasteiger partial charge in [0, 0.05) is 18.3 Å². The number of hydrogen-bond donors (Lipinski definition) is 0. The van der Waals surface area contributed by atoms with Crippen molar-refractivity contribution in [1.82, 2.24) is 9.78 Å². The summed E-state index contributed by atoms with van der Waals surface area (Å²) in [5.41, 5.74) is 4.72. The predicted molar refractivity (Wildman–Crippen MR) is 115 cm³/mol. The molecular weight excluding hydrogens is 364 g/mol. The van der Waals surface area contributed by atoms with Crippen LogP contribution in [0.2, 0.25) is 0 Å². The zero-order valence-electron chi connectivity index (χ0n) is 17.3. The van der Waals surface area contributed by atoms with Gasteiger partial charge >= 0.3 is 0 Å². The lowest BCUT2D eigenvalue weighted by atomic mass is 10.1. The SMILES string of the molecule is CCn1nccc1C(=O)/C=C/c1ccc(OC)c(COc2cccc(C)c2C)c1. The Labute approximate surface area is 171 Å². The molecule has 3 rings (SSSR count). The highest BCUT2D eigenvalue weighted by atomic mass is 16.5. The number of nitrogens with zero attached hydrogens (tertiary/aromatic N) is 2. The lowest BCUT2D eigenvalue weighted by molar-refractivity contribution is 0.103. The second-order valence-electron chi connectivity index (χ2n) is 6.79. The number of methoxy groups -OCH3 is 1. The number of ether oxygens (including phenoxy) is 2. The number of hydrogen-bond acceptors (Lipinski definition) is 4. The minimum Gasteiger partial charge on any atom is -0.496 e. The van der Waals surface area contributed by atoms with Gasteiger partial charge in [-0.25, -0.2) is 0 Å². The van der Waals surface area contributed by atoms with Crippen molar-refractivity contribution in [1.29, 1.82) is 0 Å². The number of carbonyl (C=O) groups is 1. The Balaban J connectivity index is 1.78. The van der Waals surface area contributed by atoms with Crippen LogP contribution in [0.4, 0.5) is 0 Å². The molecule has 0 bridgehead atoms. The third-order valence-corrected chi connectivity index (χ3v) is 4.94. The second-order valence-corrected chi connectivity index (χ2v) is 6.79. The molecule has 3 aromatic rings. The molecule has 1 aromatic heterocycles. The number of aromatic nitrogens is 2. The first-order chi connectivity index (χ1) is 14.0. The summed E-state index contributed by atoms with van der Waals surface area (Å²) >= 11 is 0. The van der Waals surface area contributed by atoms with Gasteiger partial charge in [0.2, 0.25) is 5.78 Å². The number of allylic oxidation sites excluding steroid dienone is 1. The fraction of sp³-hybridized carbons (Fsp3) is 0.250. The molecule has 0 saturated heterocycles. The van der Waals surface area contributed by atoms with Crippen LogP contribution in [0, 0.1) is 13.8 Å². The Bertz CT molecular complexity index is 1030. The molecule has 0 aliphatic heterocycles. The van der Waals surface area contributed by atoms with E-state index in [9.17, 15) is 4.79 Å². The molecule has 0 radical (unpaired) electrons. The minimum absolute atomic E-state index is 0.0756. The van der Waals surface area contributed by atoms with Gasteiger partial charge in [0.15, 0.2) is 0 Å². The molecule has 0 aliphatic carbocycles. The van der Waals surface area contributed by atoms with Gasteiger partial charge in [-0.2, -0.15) is 5.10 Å². The van der Waals surface area contributed by atoms with Crippen LogP contribution in [0.25, 0.3) is 6.08 Å². The maximum atomic E-state index is 12.4. The number of benzene rings is 2. The highest BCUT2D eigenvalue weighted by Gasteiger charge is 2.09. The molecule has 2 aromatic carbocycles. The number of ketones is 1. The molecule has 0 atom stereocenters. The van der Waals surface area contributed by atoms with E-state index < -0.39 is 0 Å². The van der Waals surface area contributed by atoms with E-state index in [-0.39, 0.29) is 5.78 Å². The van der Waals surface area contributed by atoms with Gasteiger partial charge in [-0.05, 0) is 67.8 Å². The summed E-state index contributed by atoms with van der Waals surface area (Å²) in [7, 11) is 1.64. The number of carbonyl (C=O) groups excluding carboxylic acids is 1. The van der Waals surface area contributed by atoms with Crippen molar-refractivity contribution in [3.63, 3.8) is 0 Å². The zero-order chi connectivity index (χ0) is 20.8. The van der Waals surface area contributed by atoms with Gasteiger partial charge in [-0.15, -0.1) is 0 Å². The van der Waals surface area contributed by atoms with Crippen LogP contribution >= 0.6 is 0 Å². The quantitative estimate of drug-likeness (QED) is 0.401. The Morgan fingerprint density at radius 3 is 2.72 bits per heavy atom. The van der Waals surface area contributed by atoms with E-state index in [1.165, 1.54) is 5.56 Å². The third-order valence-electron chi connectivity index (χ3n) is 4.94. The van der Waals surface area contributed by atoms with E-state index in [1.807, 2.05) is 44.2 Å². The van der Waals surface area contributed by atoms with Gasteiger partial charge in [-0.1, -0.05) is 24.3 Å². The van der Waals surface area contributed by atoms with Crippen molar-refractivity contribution in [2.45, 2.75) is 33.9 Å². The van der Waals surface area contributed by atoms with Crippen molar-refractivity contribution in [3.8, 4) is 11.5 Å². The summed E-state index contributed by atoms with van der Waals surface area (Å²) in [5.74, 6) is 1.53. The summed E-state index contributed by atoms with van der Waals surface area (Å²) < 4.78 is 13.2. The van der Waals surface area contributed by atoms with Gasteiger partial charge in [0.1, 0.15) is 23.8 Å². The summed E-state index contributed by atoms with van der Waals surface area (Å²) in [6, 6.07) is 13.5. The van der Waals surface area contributed by atoms with E-state index in [0.717, 1.165) is 28.2 Å². The standard InChI is InChI=1S/C24H26N2O3/c1-5-26-21(13-14-25-26)22(27)11-9-19-10-12-24(28-4)20(15-19)16-29-23-8-6-7-17(2)18(23)3/h6-15H,5,16H2,1-4H3/b11-9+. The van der Waals surface area contributed by atoms with Crippen LogP contribution in [0.3, 0.4) is 0 Å². The molecule has 5 heteroatoms. The molecular formula is C24H26N2O3. The monoisotopic (exact) mass is 390 g/mol. The predicted octanol–water partition coefficient (Wildman–Crippen LogP) is 5.00. The van der Waals surface area contributed by atoms with Gasteiger partial charge < -0.3 is 9.47 Å². The average Bonchev–Trinajstić information content (AvgIpc) is 3.22.